The van der Waals surface area contributed by atoms with Crippen LogP contribution < -0.4 is 5.56 Å². The van der Waals surface area contributed by atoms with Crippen LogP contribution in [0, 0.1) is 20.8 Å². The van der Waals surface area contributed by atoms with Crippen LogP contribution in [0.5, 0.6) is 0 Å². The van der Waals surface area contributed by atoms with Crippen LogP contribution in [0.15, 0.2) is 45.6 Å². The molecule has 1 aromatic carbocycles. The molecule has 0 saturated carbocycles. The molecule has 0 aliphatic rings. The average Bonchev–Trinajstić information content (AvgIpc) is 3.12. The predicted octanol–water partition coefficient (Wildman–Crippen LogP) is 3.36. The molecule has 0 aliphatic carbocycles. The first-order chi connectivity index (χ1) is 12.5. The van der Waals surface area contributed by atoms with Crippen molar-refractivity contribution in [3.8, 4) is 11.5 Å². The molecule has 4 aromatic rings. The van der Waals surface area contributed by atoms with Gasteiger partial charge < -0.3 is 4.42 Å². The summed E-state index contributed by atoms with van der Waals surface area (Å²) in [7, 11) is 1.86. The zero-order valence-electron chi connectivity index (χ0n) is 15.3. The van der Waals surface area contributed by atoms with Gasteiger partial charge >= 0.3 is 0 Å². The van der Waals surface area contributed by atoms with Gasteiger partial charge in [0.2, 0.25) is 5.89 Å². The van der Waals surface area contributed by atoms with Crippen LogP contribution in [-0.4, -0.2) is 19.3 Å². The maximum absolute atomic E-state index is 12.7. The third kappa shape index (κ3) is 2.54. The highest BCUT2D eigenvalue weighted by atomic mass is 16.4. The highest BCUT2D eigenvalue weighted by Gasteiger charge is 2.17. The Balaban J connectivity index is 1.84. The van der Waals surface area contributed by atoms with Gasteiger partial charge in [0.25, 0.3) is 5.56 Å². The van der Waals surface area contributed by atoms with Crippen LogP contribution in [0.3, 0.4) is 0 Å². The normalized spacial score (nSPS) is 11.4. The van der Waals surface area contributed by atoms with Gasteiger partial charge in [-0.1, -0.05) is 18.2 Å². The summed E-state index contributed by atoms with van der Waals surface area (Å²) in [6.45, 7) is 6.12. The number of pyridine rings is 1. The number of hydrogen-bond donors (Lipinski definition) is 0. The summed E-state index contributed by atoms with van der Waals surface area (Å²) in [5.74, 6) is 1.28. The topological polar surface area (TPSA) is 65.8 Å². The summed E-state index contributed by atoms with van der Waals surface area (Å²) in [4.78, 5) is 17.3. The van der Waals surface area contributed by atoms with Gasteiger partial charge in [0.05, 0.1) is 12.2 Å². The first-order valence-corrected chi connectivity index (χ1v) is 8.51. The van der Waals surface area contributed by atoms with Crippen LogP contribution in [0.1, 0.15) is 22.7 Å². The third-order valence-corrected chi connectivity index (χ3v) is 4.67. The maximum atomic E-state index is 12.7. The first-order valence-electron chi connectivity index (χ1n) is 8.51. The van der Waals surface area contributed by atoms with E-state index in [1.54, 1.807) is 15.3 Å². The summed E-state index contributed by atoms with van der Waals surface area (Å²) in [5, 5.41) is 5.49. The van der Waals surface area contributed by atoms with Crippen LogP contribution in [-0.2, 0) is 13.6 Å². The molecule has 6 heteroatoms. The Morgan fingerprint density at radius 2 is 1.85 bits per heavy atom. The number of rotatable bonds is 3. The lowest BCUT2D eigenvalue weighted by molar-refractivity contribution is 0.537. The van der Waals surface area contributed by atoms with E-state index >= 15 is 0 Å². The molecule has 0 radical (unpaired) electrons. The standard InChI is InChI=1S/C20H20N4O2/c1-12-10-17(25)24(20-18(12)13(2)22-23(20)4)11-16-14(3)26-19(21-16)15-8-6-5-7-9-15/h5-10H,11H2,1-4H3. The Morgan fingerprint density at radius 3 is 2.58 bits per heavy atom. The van der Waals surface area contributed by atoms with Gasteiger partial charge in [-0.3, -0.25) is 14.0 Å². The Bertz CT molecular complexity index is 1170. The molecule has 0 N–H and O–H groups in total. The molecule has 3 aromatic heterocycles. The fourth-order valence-corrected chi connectivity index (χ4v) is 3.44. The second-order valence-corrected chi connectivity index (χ2v) is 6.55. The van der Waals surface area contributed by atoms with Crippen molar-refractivity contribution in [2.24, 2.45) is 7.05 Å². The molecule has 4 rings (SSSR count). The van der Waals surface area contributed by atoms with Gasteiger partial charge in [0, 0.05) is 24.1 Å². The van der Waals surface area contributed by atoms with Gasteiger partial charge in [-0.25, -0.2) is 4.98 Å². The second kappa shape index (κ2) is 5.98. The van der Waals surface area contributed by atoms with Crippen molar-refractivity contribution >= 4 is 11.0 Å². The highest BCUT2D eigenvalue weighted by Crippen LogP contribution is 2.24. The third-order valence-electron chi connectivity index (χ3n) is 4.67. The van der Waals surface area contributed by atoms with Crippen molar-refractivity contribution in [3.05, 3.63) is 69.5 Å². The van der Waals surface area contributed by atoms with Gasteiger partial charge in [-0.15, -0.1) is 0 Å². The molecular formula is C20H20N4O2. The molecule has 0 amide bonds. The number of benzene rings is 1. The van der Waals surface area contributed by atoms with Crippen molar-refractivity contribution < 1.29 is 4.42 Å². The van der Waals surface area contributed by atoms with Crippen molar-refractivity contribution in [2.75, 3.05) is 0 Å². The highest BCUT2D eigenvalue weighted by molar-refractivity contribution is 5.82. The van der Waals surface area contributed by atoms with Crippen LogP contribution >= 0.6 is 0 Å². The van der Waals surface area contributed by atoms with E-state index in [4.69, 9.17) is 4.42 Å². The largest absolute Gasteiger partial charge is 0.441 e. The van der Waals surface area contributed by atoms with Gasteiger partial charge in [0.15, 0.2) is 0 Å². The zero-order chi connectivity index (χ0) is 18.4. The van der Waals surface area contributed by atoms with Crippen LogP contribution in [0.25, 0.3) is 22.5 Å². The quantitative estimate of drug-likeness (QED) is 0.569. The maximum Gasteiger partial charge on any atom is 0.252 e. The van der Waals surface area contributed by atoms with Crippen LogP contribution in [0.2, 0.25) is 0 Å². The average molecular weight is 348 g/mol. The predicted molar refractivity (Wildman–Crippen MR) is 100 cm³/mol. The van der Waals surface area contributed by atoms with Crippen molar-refractivity contribution in [1.82, 2.24) is 19.3 Å². The van der Waals surface area contributed by atoms with E-state index in [1.165, 1.54) is 0 Å². The molecule has 0 bridgehead atoms. The molecule has 0 saturated heterocycles. The van der Waals surface area contributed by atoms with Gasteiger partial charge in [0.1, 0.15) is 17.1 Å². The monoisotopic (exact) mass is 348 g/mol. The number of oxazole rings is 1. The molecule has 132 valence electrons. The lowest BCUT2D eigenvalue weighted by atomic mass is 10.1. The Morgan fingerprint density at radius 1 is 1.12 bits per heavy atom. The summed E-state index contributed by atoms with van der Waals surface area (Å²) < 4.78 is 9.30. The minimum absolute atomic E-state index is 0.0679. The molecule has 0 unspecified atom stereocenters. The van der Waals surface area contributed by atoms with Crippen molar-refractivity contribution in [3.63, 3.8) is 0 Å². The fraction of sp³-hybridized carbons (Fsp3) is 0.250. The minimum Gasteiger partial charge on any atom is -0.441 e. The number of nitrogens with zero attached hydrogens (tertiary/aromatic N) is 4. The number of fused-ring (bicyclic) bond motifs is 1. The number of aromatic nitrogens is 4. The van der Waals surface area contributed by atoms with Crippen molar-refractivity contribution in [2.45, 2.75) is 27.3 Å². The summed E-state index contributed by atoms with van der Waals surface area (Å²) in [5.41, 5.74) is 4.25. The van der Waals surface area contributed by atoms with E-state index in [-0.39, 0.29) is 5.56 Å². The van der Waals surface area contributed by atoms with E-state index in [0.29, 0.717) is 18.2 Å². The lowest BCUT2D eigenvalue weighted by Gasteiger charge is -2.09. The zero-order valence-corrected chi connectivity index (χ0v) is 15.3. The van der Waals surface area contributed by atoms with E-state index in [0.717, 1.165) is 33.5 Å². The Hall–Kier alpha value is -3.15. The molecular weight excluding hydrogens is 328 g/mol. The smallest absolute Gasteiger partial charge is 0.252 e. The van der Waals surface area contributed by atoms with Gasteiger partial charge in [-0.05, 0) is 38.5 Å². The number of aryl methyl sites for hydroxylation is 4. The molecule has 6 nitrogen and oxygen atoms in total. The fourth-order valence-electron chi connectivity index (χ4n) is 3.44. The molecule has 0 aliphatic heterocycles. The second-order valence-electron chi connectivity index (χ2n) is 6.55. The van der Waals surface area contributed by atoms with E-state index < -0.39 is 0 Å². The lowest BCUT2D eigenvalue weighted by Crippen LogP contribution is -2.22. The SMILES string of the molecule is Cc1oc(-c2ccccc2)nc1Cn1c(=O)cc(C)c2c(C)nn(C)c21. The van der Waals surface area contributed by atoms with Gasteiger partial charge in [-0.2, -0.15) is 5.10 Å². The minimum atomic E-state index is -0.0679. The Kier molecular flexibility index (Phi) is 3.76. The molecule has 0 atom stereocenters. The summed E-state index contributed by atoms with van der Waals surface area (Å²) in [6.07, 6.45) is 0. The van der Waals surface area contributed by atoms with Crippen LogP contribution in [0.4, 0.5) is 0 Å². The molecule has 0 spiro atoms. The summed E-state index contributed by atoms with van der Waals surface area (Å²) >= 11 is 0. The molecule has 26 heavy (non-hydrogen) atoms. The molecule has 3 heterocycles. The Labute approximate surface area is 150 Å². The first kappa shape index (κ1) is 16.3. The molecule has 0 fully saturated rings. The van der Waals surface area contributed by atoms with E-state index in [1.807, 2.05) is 58.2 Å². The van der Waals surface area contributed by atoms with E-state index in [2.05, 4.69) is 10.1 Å². The van der Waals surface area contributed by atoms with E-state index in [9.17, 15) is 4.79 Å². The van der Waals surface area contributed by atoms with Crippen molar-refractivity contribution in [1.29, 1.82) is 0 Å². The summed E-state index contributed by atoms with van der Waals surface area (Å²) in [6, 6.07) is 11.4. The number of hydrogen-bond acceptors (Lipinski definition) is 4.